The number of nitrogens with one attached hydrogen (secondary N) is 1. The van der Waals surface area contributed by atoms with Gasteiger partial charge >= 0.3 is 0 Å². The lowest BCUT2D eigenvalue weighted by atomic mass is 9.89. The number of sulfonamides is 1. The second kappa shape index (κ2) is 11.0. The highest BCUT2D eigenvalue weighted by Crippen LogP contribution is 2.35. The van der Waals surface area contributed by atoms with Gasteiger partial charge in [0, 0.05) is 45.9 Å². The standard InChI is InChI=1S/C26H41N3O5S/c1-28-16-22(30)14-27-35(31,32)26-8-7-21(20-9-11-33-12-10-20)13-24(26)34-25-18-29(17-23(25)28)15-19-5-3-2-4-6-19/h7-8,13,19-20,22-23,25,27,30H,2-6,9-12,14-18H2,1H3/t22-,23+,25-/m0/s1. The number of aliphatic hydroxyl groups is 1. The SMILES string of the molecule is CN1C[C@@H](O)CNS(=O)(=O)c2ccc(C3CCOCC3)cc2O[C@H]2CN(CC3CCCCC3)C[C@H]21. The summed E-state index contributed by atoms with van der Waals surface area (Å²) in [5.41, 5.74) is 1.11. The Labute approximate surface area is 210 Å². The lowest BCUT2D eigenvalue weighted by Gasteiger charge is -2.30. The third kappa shape index (κ3) is 6.02. The van der Waals surface area contributed by atoms with Crippen LogP contribution in [0.4, 0.5) is 0 Å². The molecule has 5 rings (SSSR count). The molecule has 3 fully saturated rings. The highest BCUT2D eigenvalue weighted by atomic mass is 32.2. The highest BCUT2D eigenvalue weighted by molar-refractivity contribution is 7.89. The average Bonchev–Trinajstić information content (AvgIpc) is 3.25. The topological polar surface area (TPSA) is 91.3 Å². The van der Waals surface area contributed by atoms with Crippen LogP contribution in [0.25, 0.3) is 0 Å². The summed E-state index contributed by atoms with van der Waals surface area (Å²) in [6.07, 6.45) is 7.49. The van der Waals surface area contributed by atoms with Gasteiger partial charge in [-0.25, -0.2) is 13.1 Å². The number of ether oxygens (including phenoxy) is 2. The fourth-order valence-electron chi connectivity index (χ4n) is 6.36. The van der Waals surface area contributed by atoms with Gasteiger partial charge in [0.25, 0.3) is 0 Å². The summed E-state index contributed by atoms with van der Waals surface area (Å²) in [6.45, 7) is 4.56. The molecule has 35 heavy (non-hydrogen) atoms. The maximum absolute atomic E-state index is 13.2. The molecule has 1 aliphatic carbocycles. The second-order valence-corrected chi connectivity index (χ2v) is 12.7. The molecule has 9 heteroatoms. The number of likely N-dealkylation sites (N-methyl/N-ethyl adjacent to an activating group) is 1. The van der Waals surface area contributed by atoms with Gasteiger partial charge in [0.15, 0.2) is 0 Å². The minimum Gasteiger partial charge on any atom is -0.486 e. The predicted molar refractivity (Wildman–Crippen MR) is 134 cm³/mol. The molecule has 1 saturated carbocycles. The Bertz CT molecular complexity index is 962. The Morgan fingerprint density at radius 3 is 2.60 bits per heavy atom. The summed E-state index contributed by atoms with van der Waals surface area (Å²) >= 11 is 0. The summed E-state index contributed by atoms with van der Waals surface area (Å²) in [7, 11) is -1.80. The predicted octanol–water partition coefficient (Wildman–Crippen LogP) is 2.18. The Kier molecular flexibility index (Phi) is 8.01. The van der Waals surface area contributed by atoms with E-state index in [0.29, 0.717) is 18.2 Å². The quantitative estimate of drug-likeness (QED) is 0.648. The van der Waals surface area contributed by atoms with Crippen molar-refractivity contribution in [1.82, 2.24) is 14.5 Å². The zero-order valence-corrected chi connectivity index (χ0v) is 21.7. The summed E-state index contributed by atoms with van der Waals surface area (Å²) in [6, 6.07) is 5.63. The number of nitrogens with zero attached hydrogens (tertiary/aromatic N) is 2. The lowest BCUT2D eigenvalue weighted by molar-refractivity contribution is 0.0709. The molecular formula is C26H41N3O5S. The molecule has 4 aliphatic rings. The summed E-state index contributed by atoms with van der Waals surface area (Å²) in [5.74, 6) is 1.51. The molecule has 0 amide bonds. The van der Waals surface area contributed by atoms with Gasteiger partial charge < -0.3 is 14.6 Å². The molecule has 0 radical (unpaired) electrons. The molecule has 196 valence electrons. The Hall–Kier alpha value is -1.23. The Balaban J connectivity index is 1.44. The van der Waals surface area contributed by atoms with E-state index in [9.17, 15) is 13.5 Å². The van der Waals surface area contributed by atoms with Crippen LogP contribution in [0.1, 0.15) is 56.4 Å². The third-order valence-corrected chi connectivity index (χ3v) is 9.82. The summed E-state index contributed by atoms with van der Waals surface area (Å²) < 4.78 is 41.2. The van der Waals surface area contributed by atoms with E-state index in [4.69, 9.17) is 9.47 Å². The van der Waals surface area contributed by atoms with Gasteiger partial charge in [-0.2, -0.15) is 0 Å². The van der Waals surface area contributed by atoms with Gasteiger partial charge in [0.1, 0.15) is 16.7 Å². The molecule has 0 aromatic heterocycles. The first-order valence-electron chi connectivity index (χ1n) is 13.4. The minimum atomic E-state index is -3.81. The molecule has 3 atom stereocenters. The molecule has 1 aromatic rings. The van der Waals surface area contributed by atoms with Gasteiger partial charge in [-0.1, -0.05) is 25.3 Å². The van der Waals surface area contributed by atoms with Gasteiger partial charge in [0.2, 0.25) is 10.0 Å². The van der Waals surface area contributed by atoms with Crippen LogP contribution in [-0.2, 0) is 14.8 Å². The number of fused-ring (bicyclic) bond motifs is 2. The van der Waals surface area contributed by atoms with Gasteiger partial charge in [0.05, 0.1) is 12.1 Å². The van der Waals surface area contributed by atoms with Crippen molar-refractivity contribution in [1.29, 1.82) is 0 Å². The first-order chi connectivity index (χ1) is 16.9. The van der Waals surface area contributed by atoms with E-state index in [1.54, 1.807) is 6.07 Å². The maximum Gasteiger partial charge on any atom is 0.244 e. The second-order valence-electron chi connectivity index (χ2n) is 11.0. The molecule has 8 nitrogen and oxygen atoms in total. The van der Waals surface area contributed by atoms with Crippen LogP contribution in [0.5, 0.6) is 5.75 Å². The van der Waals surface area contributed by atoms with Gasteiger partial charge in [-0.15, -0.1) is 0 Å². The van der Waals surface area contributed by atoms with Crippen molar-refractivity contribution in [2.24, 2.45) is 5.92 Å². The normalized spacial score (nSPS) is 31.8. The first kappa shape index (κ1) is 25.4. The first-order valence-corrected chi connectivity index (χ1v) is 14.9. The van der Waals surface area contributed by atoms with Crippen molar-refractivity contribution >= 4 is 10.0 Å². The summed E-state index contributed by atoms with van der Waals surface area (Å²) in [4.78, 5) is 4.81. The number of benzene rings is 1. The van der Waals surface area contributed by atoms with Crippen molar-refractivity contribution in [2.75, 3.05) is 53.0 Å². The monoisotopic (exact) mass is 507 g/mol. The molecule has 0 bridgehead atoms. The highest BCUT2D eigenvalue weighted by Gasteiger charge is 2.40. The number of hydrogen-bond acceptors (Lipinski definition) is 7. The summed E-state index contributed by atoms with van der Waals surface area (Å²) in [5, 5.41) is 10.6. The third-order valence-electron chi connectivity index (χ3n) is 8.36. The van der Waals surface area contributed by atoms with Gasteiger partial charge in [-0.3, -0.25) is 9.80 Å². The molecule has 0 unspecified atom stereocenters. The molecule has 0 spiro atoms. The van der Waals surface area contributed by atoms with Crippen LogP contribution < -0.4 is 9.46 Å². The largest absolute Gasteiger partial charge is 0.486 e. The lowest BCUT2D eigenvalue weighted by Crippen LogP contribution is -2.47. The molecule has 3 aliphatic heterocycles. The fourth-order valence-corrected chi connectivity index (χ4v) is 7.54. The van der Waals surface area contributed by atoms with E-state index in [0.717, 1.165) is 57.2 Å². The van der Waals surface area contributed by atoms with Crippen molar-refractivity contribution in [3.63, 3.8) is 0 Å². The van der Waals surface area contributed by atoms with Crippen molar-refractivity contribution in [3.8, 4) is 5.75 Å². The molecular weight excluding hydrogens is 466 g/mol. The molecule has 2 N–H and O–H groups in total. The molecule has 3 heterocycles. The van der Waals surface area contributed by atoms with E-state index in [1.165, 1.54) is 32.1 Å². The van der Waals surface area contributed by atoms with E-state index in [2.05, 4.69) is 14.5 Å². The zero-order chi connectivity index (χ0) is 24.4. The molecule has 1 aromatic carbocycles. The van der Waals surface area contributed by atoms with Crippen molar-refractivity contribution < 1.29 is 23.0 Å². The van der Waals surface area contributed by atoms with E-state index < -0.39 is 16.1 Å². The van der Waals surface area contributed by atoms with Crippen LogP contribution in [0.15, 0.2) is 23.1 Å². The number of hydrogen-bond donors (Lipinski definition) is 2. The number of likely N-dealkylation sites (tertiary alicyclic amines) is 1. The number of rotatable bonds is 3. The number of aliphatic hydroxyl groups excluding tert-OH is 1. The average molecular weight is 508 g/mol. The van der Waals surface area contributed by atoms with Crippen molar-refractivity contribution in [3.05, 3.63) is 23.8 Å². The minimum absolute atomic E-state index is 0.0169. The van der Waals surface area contributed by atoms with Crippen LogP contribution in [0.2, 0.25) is 0 Å². The van der Waals surface area contributed by atoms with Crippen LogP contribution >= 0.6 is 0 Å². The van der Waals surface area contributed by atoms with Crippen LogP contribution in [0, 0.1) is 5.92 Å². The van der Waals surface area contributed by atoms with E-state index in [1.807, 2.05) is 19.2 Å². The maximum atomic E-state index is 13.2. The molecule has 2 saturated heterocycles. The smallest absolute Gasteiger partial charge is 0.244 e. The van der Waals surface area contributed by atoms with E-state index in [-0.39, 0.29) is 23.6 Å². The van der Waals surface area contributed by atoms with E-state index >= 15 is 0 Å². The van der Waals surface area contributed by atoms with Crippen LogP contribution in [0.3, 0.4) is 0 Å². The van der Waals surface area contributed by atoms with Crippen LogP contribution in [-0.4, -0.2) is 94.6 Å². The van der Waals surface area contributed by atoms with Gasteiger partial charge in [-0.05, 0) is 62.3 Å². The fraction of sp³-hybridized carbons (Fsp3) is 0.769. The Morgan fingerprint density at radius 2 is 1.83 bits per heavy atom. The number of β-amino-alcohol motifs (C(OH)–C–C–N with tert-alkyl or cyclic N) is 1. The zero-order valence-electron chi connectivity index (χ0n) is 20.9. The Morgan fingerprint density at radius 1 is 1.06 bits per heavy atom. The van der Waals surface area contributed by atoms with Crippen molar-refractivity contribution in [2.45, 2.75) is 74.0 Å².